The van der Waals surface area contributed by atoms with Gasteiger partial charge in [0.25, 0.3) is 0 Å². The maximum Gasteiger partial charge on any atom is 0.225 e. The Balaban J connectivity index is 4.12. The molecule has 0 rings (SSSR count). The van der Waals surface area contributed by atoms with E-state index in [1.807, 2.05) is 6.92 Å². The van der Waals surface area contributed by atoms with E-state index < -0.39 is 0 Å². The maximum absolute atomic E-state index is 11.7. The van der Waals surface area contributed by atoms with Gasteiger partial charge in [-0.25, -0.2) is 0 Å². The van der Waals surface area contributed by atoms with Crippen molar-refractivity contribution < 1.29 is 9.59 Å². The Morgan fingerprint density at radius 2 is 1.60 bits per heavy atom. The lowest BCUT2D eigenvalue weighted by molar-refractivity contribution is -0.134. The number of hydrogen-bond donors (Lipinski definition) is 0. The van der Waals surface area contributed by atoms with Crippen molar-refractivity contribution in [3.63, 3.8) is 0 Å². The molecule has 1 atom stereocenters. The quantitative estimate of drug-likeness (QED) is 0.684. The van der Waals surface area contributed by atoms with Gasteiger partial charge in [-0.1, -0.05) is 6.92 Å². The molecule has 0 N–H and O–H groups in total. The Bertz CT molecular complexity index is 225. The molecule has 0 aliphatic heterocycles. The Morgan fingerprint density at radius 3 is 1.93 bits per heavy atom. The molecule has 0 aliphatic rings. The lowest BCUT2D eigenvalue weighted by atomic mass is 9.98. The summed E-state index contributed by atoms with van der Waals surface area (Å²) in [6.07, 6.45) is 1.88. The second kappa shape index (κ2) is 6.43. The first kappa shape index (κ1) is 13.9. The number of hydrogen-bond acceptors (Lipinski definition) is 2. The summed E-state index contributed by atoms with van der Waals surface area (Å²) >= 11 is 0. The highest BCUT2D eigenvalue weighted by molar-refractivity contribution is 5.80. The zero-order chi connectivity index (χ0) is 12.0. The molecule has 0 aromatic heterocycles. The second-order valence-electron chi connectivity index (χ2n) is 4.16. The van der Waals surface area contributed by atoms with E-state index in [4.69, 9.17) is 0 Å². The number of nitrogens with zero attached hydrogens (tertiary/aromatic N) is 2. The zero-order valence-electron chi connectivity index (χ0n) is 10.4. The van der Waals surface area contributed by atoms with Crippen LogP contribution in [0.2, 0.25) is 0 Å². The van der Waals surface area contributed by atoms with Gasteiger partial charge in [-0.15, -0.1) is 0 Å². The van der Waals surface area contributed by atoms with Crippen LogP contribution in [0.3, 0.4) is 0 Å². The molecule has 0 fully saturated rings. The molecule has 0 spiro atoms. The molecule has 0 aromatic carbocycles. The van der Waals surface area contributed by atoms with Gasteiger partial charge in [-0.3, -0.25) is 9.59 Å². The molecule has 15 heavy (non-hydrogen) atoms. The van der Waals surface area contributed by atoms with Crippen LogP contribution in [-0.4, -0.2) is 49.8 Å². The van der Waals surface area contributed by atoms with Crippen molar-refractivity contribution in [2.24, 2.45) is 5.92 Å². The summed E-state index contributed by atoms with van der Waals surface area (Å²) < 4.78 is 0. The van der Waals surface area contributed by atoms with E-state index in [0.717, 1.165) is 6.42 Å². The molecular weight excluding hydrogens is 192 g/mol. The Kier molecular flexibility index (Phi) is 5.97. The third-order valence-electron chi connectivity index (χ3n) is 2.49. The topological polar surface area (TPSA) is 40.6 Å². The fraction of sp³-hybridized carbons (Fsp3) is 0.818. The van der Waals surface area contributed by atoms with Gasteiger partial charge in [0.1, 0.15) is 0 Å². The first-order valence-electron chi connectivity index (χ1n) is 5.31. The highest BCUT2D eigenvalue weighted by Crippen LogP contribution is 2.13. The van der Waals surface area contributed by atoms with Crippen molar-refractivity contribution in [3.05, 3.63) is 0 Å². The van der Waals surface area contributed by atoms with Gasteiger partial charge in [0.05, 0.1) is 0 Å². The number of carbonyl (C=O) groups is 2. The van der Waals surface area contributed by atoms with Gasteiger partial charge in [-0.2, -0.15) is 0 Å². The van der Waals surface area contributed by atoms with Crippen LogP contribution in [0.5, 0.6) is 0 Å². The fourth-order valence-corrected chi connectivity index (χ4v) is 1.39. The van der Waals surface area contributed by atoms with Crippen LogP contribution in [0.15, 0.2) is 0 Å². The molecule has 4 heteroatoms. The molecule has 0 aliphatic carbocycles. The molecule has 0 heterocycles. The van der Waals surface area contributed by atoms with Gasteiger partial charge in [0, 0.05) is 40.5 Å². The van der Waals surface area contributed by atoms with Crippen LogP contribution < -0.4 is 0 Å². The first-order valence-corrected chi connectivity index (χ1v) is 5.31. The molecule has 1 unspecified atom stereocenters. The van der Waals surface area contributed by atoms with E-state index in [1.165, 1.54) is 0 Å². The summed E-state index contributed by atoms with van der Waals surface area (Å²) in [6.45, 7) is 1.98. The predicted octanol–water partition coefficient (Wildman–Crippen LogP) is 0.969. The highest BCUT2D eigenvalue weighted by Gasteiger charge is 2.19. The Labute approximate surface area is 92.2 Å². The normalized spacial score (nSPS) is 12.1. The summed E-state index contributed by atoms with van der Waals surface area (Å²) in [6, 6.07) is 0. The zero-order valence-corrected chi connectivity index (χ0v) is 10.4. The minimum Gasteiger partial charge on any atom is -0.349 e. The van der Waals surface area contributed by atoms with Crippen LogP contribution in [0.1, 0.15) is 26.2 Å². The predicted molar refractivity (Wildman–Crippen MR) is 60.4 cm³/mol. The summed E-state index contributed by atoms with van der Waals surface area (Å²) in [5.41, 5.74) is 0. The van der Waals surface area contributed by atoms with E-state index in [9.17, 15) is 9.59 Å². The fourth-order valence-electron chi connectivity index (χ4n) is 1.39. The van der Waals surface area contributed by atoms with Gasteiger partial charge in [-0.05, 0) is 12.8 Å². The lowest BCUT2D eigenvalue weighted by Crippen LogP contribution is -2.30. The Hall–Kier alpha value is -1.06. The summed E-state index contributed by atoms with van der Waals surface area (Å²) in [7, 11) is 6.96. The molecule has 4 nitrogen and oxygen atoms in total. The number of amides is 2. The maximum atomic E-state index is 11.7. The number of carbonyl (C=O) groups excluding carboxylic acids is 2. The average molecular weight is 214 g/mol. The summed E-state index contributed by atoms with van der Waals surface area (Å²) in [5, 5.41) is 0. The molecule has 0 saturated heterocycles. The van der Waals surface area contributed by atoms with E-state index in [0.29, 0.717) is 12.8 Å². The van der Waals surface area contributed by atoms with Crippen molar-refractivity contribution >= 4 is 11.8 Å². The lowest BCUT2D eigenvalue weighted by Gasteiger charge is -2.19. The van der Waals surface area contributed by atoms with Crippen molar-refractivity contribution in [1.29, 1.82) is 0 Å². The smallest absolute Gasteiger partial charge is 0.225 e. The van der Waals surface area contributed by atoms with Gasteiger partial charge < -0.3 is 9.80 Å². The van der Waals surface area contributed by atoms with E-state index in [1.54, 1.807) is 38.0 Å². The van der Waals surface area contributed by atoms with Crippen LogP contribution in [0, 0.1) is 5.92 Å². The largest absolute Gasteiger partial charge is 0.349 e. The SMILES string of the molecule is CCC(CCC(=O)N(C)C)C(=O)N(C)C. The average Bonchev–Trinajstić information content (AvgIpc) is 2.17. The molecule has 0 radical (unpaired) electrons. The van der Waals surface area contributed by atoms with E-state index >= 15 is 0 Å². The van der Waals surface area contributed by atoms with Crippen LogP contribution in [-0.2, 0) is 9.59 Å². The molecule has 0 saturated carbocycles. The third kappa shape index (κ3) is 4.81. The molecule has 88 valence electrons. The minimum absolute atomic E-state index is 0.0242. The van der Waals surface area contributed by atoms with Crippen molar-refractivity contribution in [1.82, 2.24) is 9.80 Å². The number of rotatable bonds is 5. The molecule has 0 aromatic rings. The van der Waals surface area contributed by atoms with Crippen molar-refractivity contribution in [3.8, 4) is 0 Å². The van der Waals surface area contributed by atoms with Crippen LogP contribution in [0.25, 0.3) is 0 Å². The van der Waals surface area contributed by atoms with Crippen molar-refractivity contribution in [2.45, 2.75) is 26.2 Å². The first-order chi connectivity index (χ1) is 6.90. The molecule has 2 amide bonds. The summed E-state index contributed by atoms with van der Waals surface area (Å²) in [5.74, 6) is 0.174. The standard InChI is InChI=1S/C11H22N2O2/c1-6-9(11(15)13(4)5)7-8-10(14)12(2)3/h9H,6-8H2,1-5H3. The molecular formula is C11H22N2O2. The van der Waals surface area contributed by atoms with Gasteiger partial charge >= 0.3 is 0 Å². The van der Waals surface area contributed by atoms with Crippen LogP contribution in [0.4, 0.5) is 0 Å². The second-order valence-corrected chi connectivity index (χ2v) is 4.16. The summed E-state index contributed by atoms with van der Waals surface area (Å²) in [4.78, 5) is 26.2. The molecule has 0 bridgehead atoms. The van der Waals surface area contributed by atoms with Crippen molar-refractivity contribution in [2.75, 3.05) is 28.2 Å². The van der Waals surface area contributed by atoms with Gasteiger partial charge in [0.2, 0.25) is 11.8 Å². The van der Waals surface area contributed by atoms with E-state index in [2.05, 4.69) is 0 Å². The monoisotopic (exact) mass is 214 g/mol. The van der Waals surface area contributed by atoms with Crippen LogP contribution >= 0.6 is 0 Å². The highest BCUT2D eigenvalue weighted by atomic mass is 16.2. The third-order valence-corrected chi connectivity index (χ3v) is 2.49. The van der Waals surface area contributed by atoms with E-state index in [-0.39, 0.29) is 17.7 Å². The minimum atomic E-state index is -0.0242. The van der Waals surface area contributed by atoms with Gasteiger partial charge in [0.15, 0.2) is 0 Å². The Morgan fingerprint density at radius 1 is 1.07 bits per heavy atom.